The largest absolute Gasteiger partial charge is 0.453 e. The molecule has 2 aromatic heterocycles. The molecule has 0 bridgehead atoms. The van der Waals surface area contributed by atoms with Gasteiger partial charge in [-0.1, -0.05) is 70.2 Å². The topological polar surface area (TPSA) is 136 Å². The highest BCUT2D eigenvalue weighted by molar-refractivity contribution is 6.32. The molecule has 2 aliphatic heterocycles. The van der Waals surface area contributed by atoms with Gasteiger partial charge in [0, 0.05) is 41.9 Å². The number of alkyl carbamates (subject to hydrolysis) is 1. The third-order valence-corrected chi connectivity index (χ3v) is 10.5. The van der Waals surface area contributed by atoms with E-state index in [-0.39, 0.29) is 41.7 Å². The van der Waals surface area contributed by atoms with Crippen LogP contribution >= 0.6 is 11.6 Å². The molecule has 51 heavy (non-hydrogen) atoms. The first-order chi connectivity index (χ1) is 24.4. The van der Waals surface area contributed by atoms with Gasteiger partial charge < -0.3 is 29.8 Å². The van der Waals surface area contributed by atoms with E-state index in [1.165, 1.54) is 7.11 Å². The van der Waals surface area contributed by atoms with Gasteiger partial charge in [-0.05, 0) is 61.8 Å². The number of halogens is 1. The number of carbonyl (C=O) groups excluding carboxylic acids is 3. The Labute approximate surface area is 303 Å². The number of nitrogens with one attached hydrogen (secondary N) is 3. The van der Waals surface area contributed by atoms with Crippen LogP contribution in [0.5, 0.6) is 0 Å². The van der Waals surface area contributed by atoms with Crippen LogP contribution in [0.3, 0.4) is 0 Å². The van der Waals surface area contributed by atoms with E-state index in [0.29, 0.717) is 23.0 Å². The molecular formula is C39H46ClN7O4. The average Bonchev–Trinajstić information content (AvgIpc) is 3.94. The number of carbonyl (C=O) groups is 3. The molecule has 268 valence electrons. The third-order valence-electron chi connectivity index (χ3n) is 10.2. The van der Waals surface area contributed by atoms with E-state index in [9.17, 15) is 14.4 Å². The number of aromatic amines is 2. The Morgan fingerprint density at radius 1 is 0.902 bits per heavy atom. The minimum absolute atomic E-state index is 0.0425. The zero-order valence-corrected chi connectivity index (χ0v) is 30.8. The van der Waals surface area contributed by atoms with Crippen LogP contribution in [0.25, 0.3) is 22.3 Å². The molecule has 4 heterocycles. The number of fused-ring (bicyclic) bond motifs is 1. The molecule has 12 heteroatoms. The maximum atomic E-state index is 13.5. The van der Waals surface area contributed by atoms with Crippen LogP contribution in [-0.2, 0) is 14.3 Å². The van der Waals surface area contributed by atoms with Crippen LogP contribution in [0, 0.1) is 29.6 Å². The van der Waals surface area contributed by atoms with Crippen molar-refractivity contribution in [1.29, 1.82) is 0 Å². The number of benzene rings is 2. The first-order valence-electron chi connectivity index (χ1n) is 17.8. The number of likely N-dealkylation sites (tertiary alicyclic amines) is 2. The second-order valence-electron chi connectivity index (χ2n) is 14.2. The highest BCUT2D eigenvalue weighted by Gasteiger charge is 2.38. The number of methoxy groups -OCH3 is 1. The summed E-state index contributed by atoms with van der Waals surface area (Å²) in [6.45, 7) is 11.3. The standard InChI is InChI=1S/C39H46ClN7O4/c1-22(2)24(5)37(48)46-17-8-10-33(46)36-42-29-19-27(28(40)20-30(29)43-36)16-13-25-11-14-26(15-12-25)31-21-41-35(44-31)32-9-7-18-47(32)38(49)34(23(3)4)45-39(50)51-6/h11-12,14-15,19-24,32-34H,7-10,17-18H2,1-6H3,(H,41,44)(H,42,43)(H,45,50)/t24-,32-,33-,34-/m0/s1. The smallest absolute Gasteiger partial charge is 0.407 e. The number of rotatable bonds is 8. The molecule has 4 atom stereocenters. The summed E-state index contributed by atoms with van der Waals surface area (Å²) in [5.41, 5.74) is 4.77. The summed E-state index contributed by atoms with van der Waals surface area (Å²) in [5, 5.41) is 3.20. The van der Waals surface area contributed by atoms with Gasteiger partial charge in [0.25, 0.3) is 0 Å². The lowest BCUT2D eigenvalue weighted by Crippen LogP contribution is -2.51. The van der Waals surface area contributed by atoms with Gasteiger partial charge in [0.2, 0.25) is 11.8 Å². The molecule has 11 nitrogen and oxygen atoms in total. The number of H-pyrrole nitrogens is 2. The molecule has 2 saturated heterocycles. The number of aromatic nitrogens is 4. The van der Waals surface area contributed by atoms with Gasteiger partial charge in [-0.25, -0.2) is 14.8 Å². The predicted octanol–water partition coefficient (Wildman–Crippen LogP) is 7.01. The fourth-order valence-corrected chi connectivity index (χ4v) is 7.08. The summed E-state index contributed by atoms with van der Waals surface area (Å²) >= 11 is 6.67. The van der Waals surface area contributed by atoms with Gasteiger partial charge in [-0.15, -0.1) is 0 Å². The van der Waals surface area contributed by atoms with E-state index in [1.54, 1.807) is 4.90 Å². The molecule has 3 N–H and O–H groups in total. The van der Waals surface area contributed by atoms with Gasteiger partial charge in [0.05, 0.1) is 40.9 Å². The molecule has 6 rings (SSSR count). The Kier molecular flexibility index (Phi) is 10.7. The predicted molar refractivity (Wildman–Crippen MR) is 197 cm³/mol. The van der Waals surface area contributed by atoms with Crippen molar-refractivity contribution in [2.24, 2.45) is 17.8 Å². The van der Waals surface area contributed by atoms with E-state index in [0.717, 1.165) is 65.9 Å². The minimum Gasteiger partial charge on any atom is -0.453 e. The summed E-state index contributed by atoms with van der Waals surface area (Å²) in [6.07, 6.45) is 4.68. The van der Waals surface area contributed by atoms with E-state index >= 15 is 0 Å². The number of hydrogen-bond acceptors (Lipinski definition) is 6. The minimum atomic E-state index is -0.687. The Hall–Kier alpha value is -4.82. The van der Waals surface area contributed by atoms with Gasteiger partial charge in [0.1, 0.15) is 17.7 Å². The van der Waals surface area contributed by atoms with Crippen LogP contribution in [0.2, 0.25) is 5.02 Å². The zero-order chi connectivity index (χ0) is 36.4. The van der Waals surface area contributed by atoms with Crippen LogP contribution < -0.4 is 5.32 Å². The lowest BCUT2D eigenvalue weighted by molar-refractivity contribution is -0.137. The highest BCUT2D eigenvalue weighted by Crippen LogP contribution is 2.35. The summed E-state index contributed by atoms with van der Waals surface area (Å²) < 4.78 is 4.74. The van der Waals surface area contributed by atoms with Crippen molar-refractivity contribution in [3.63, 3.8) is 0 Å². The fourth-order valence-electron chi connectivity index (χ4n) is 6.88. The van der Waals surface area contributed by atoms with E-state index in [1.807, 2.05) is 68.3 Å². The lowest BCUT2D eigenvalue weighted by atomic mass is 9.96. The van der Waals surface area contributed by atoms with Gasteiger partial charge in [-0.2, -0.15) is 0 Å². The van der Waals surface area contributed by atoms with Crippen molar-refractivity contribution < 1.29 is 19.1 Å². The van der Waals surface area contributed by atoms with Crippen molar-refractivity contribution in [2.75, 3.05) is 20.2 Å². The Balaban J connectivity index is 1.15. The lowest BCUT2D eigenvalue weighted by Gasteiger charge is -2.29. The second kappa shape index (κ2) is 15.2. The average molecular weight is 712 g/mol. The van der Waals surface area contributed by atoms with E-state index in [4.69, 9.17) is 26.3 Å². The van der Waals surface area contributed by atoms with Crippen LogP contribution in [0.15, 0.2) is 42.6 Å². The maximum absolute atomic E-state index is 13.5. The first kappa shape index (κ1) is 36.0. The molecule has 2 aromatic carbocycles. The highest BCUT2D eigenvalue weighted by atomic mass is 35.5. The fraction of sp³-hybridized carbons (Fsp3) is 0.462. The first-order valence-corrected chi connectivity index (χ1v) is 18.1. The van der Waals surface area contributed by atoms with Gasteiger partial charge in [0.15, 0.2) is 0 Å². The van der Waals surface area contributed by atoms with Crippen LogP contribution in [0.4, 0.5) is 4.79 Å². The summed E-state index contributed by atoms with van der Waals surface area (Å²) in [7, 11) is 1.29. The molecule has 2 fully saturated rings. The molecule has 0 radical (unpaired) electrons. The second-order valence-corrected chi connectivity index (χ2v) is 14.6. The number of nitrogens with zero attached hydrogens (tertiary/aromatic N) is 4. The summed E-state index contributed by atoms with van der Waals surface area (Å²) in [6, 6.07) is 10.6. The van der Waals surface area contributed by atoms with Crippen molar-refractivity contribution >= 4 is 40.5 Å². The Bertz CT molecular complexity index is 1970. The number of ether oxygens (including phenoxy) is 1. The number of hydrogen-bond donors (Lipinski definition) is 3. The Morgan fingerprint density at radius 2 is 1.57 bits per heavy atom. The van der Waals surface area contributed by atoms with Crippen molar-refractivity contribution in [2.45, 2.75) is 78.4 Å². The maximum Gasteiger partial charge on any atom is 0.407 e. The molecule has 0 unspecified atom stereocenters. The zero-order valence-electron chi connectivity index (χ0n) is 30.0. The van der Waals surface area contributed by atoms with Gasteiger partial charge >= 0.3 is 6.09 Å². The monoisotopic (exact) mass is 711 g/mol. The van der Waals surface area contributed by atoms with E-state index < -0.39 is 12.1 Å². The number of imidazole rings is 2. The quantitative estimate of drug-likeness (QED) is 0.168. The van der Waals surface area contributed by atoms with Crippen molar-refractivity contribution in [1.82, 2.24) is 35.1 Å². The SMILES string of the molecule is COC(=O)N[C@H](C(=O)N1CCC[C@H]1c1nc(-c2ccc(C#Cc3cc4[nH]c([C@@H]5CCCN5C(=O)[C@@H](C)C(C)C)nc4cc3Cl)cc2)c[nH]1)C(C)C. The molecular weight excluding hydrogens is 666 g/mol. The van der Waals surface area contributed by atoms with Crippen LogP contribution in [0.1, 0.15) is 95.2 Å². The summed E-state index contributed by atoms with van der Waals surface area (Å²) in [5.74, 6) is 8.10. The van der Waals surface area contributed by atoms with E-state index in [2.05, 4.69) is 41.0 Å². The summed E-state index contributed by atoms with van der Waals surface area (Å²) in [4.78, 5) is 58.8. The molecule has 2 aliphatic rings. The van der Waals surface area contributed by atoms with Gasteiger partial charge in [-0.3, -0.25) is 9.59 Å². The molecule has 0 spiro atoms. The number of amides is 3. The normalized spacial score (nSPS) is 18.6. The molecule has 0 aliphatic carbocycles. The third kappa shape index (κ3) is 7.61. The van der Waals surface area contributed by atoms with Crippen molar-refractivity contribution in [3.05, 3.63) is 70.4 Å². The Morgan fingerprint density at radius 3 is 2.22 bits per heavy atom. The molecule has 0 saturated carbocycles. The molecule has 4 aromatic rings. The van der Waals surface area contributed by atoms with Crippen molar-refractivity contribution in [3.8, 4) is 23.1 Å². The molecule has 3 amide bonds. The van der Waals surface area contributed by atoms with Crippen LogP contribution in [-0.4, -0.2) is 73.9 Å².